The number of ether oxygens (including phenoxy) is 1. The second-order valence-electron chi connectivity index (χ2n) is 8.82. The van der Waals surface area contributed by atoms with Crippen LogP contribution in [-0.4, -0.2) is 38.7 Å². The fourth-order valence-corrected chi connectivity index (χ4v) is 8.84. The number of carbonyl (C=O) groups excluding carboxylic acids is 2. The molecule has 5 nitrogen and oxygen atoms in total. The maximum atomic E-state index is 12.4. The van der Waals surface area contributed by atoms with Gasteiger partial charge in [0.25, 0.3) is 0 Å². The van der Waals surface area contributed by atoms with Gasteiger partial charge in [0, 0.05) is 0 Å². The van der Waals surface area contributed by atoms with Crippen LogP contribution in [0.4, 0.5) is 0 Å². The number of cyclic esters (lactones) is 1. The van der Waals surface area contributed by atoms with Gasteiger partial charge in [-0.05, 0) is 0 Å². The Morgan fingerprint density at radius 2 is 2.00 bits per heavy atom. The molecule has 2 bridgehead atoms. The molecule has 28 heavy (non-hydrogen) atoms. The molecule has 0 aromatic heterocycles. The van der Waals surface area contributed by atoms with Crippen molar-refractivity contribution >= 4 is 32.6 Å². The van der Waals surface area contributed by atoms with Crippen molar-refractivity contribution in [1.82, 2.24) is 0 Å². The van der Waals surface area contributed by atoms with E-state index in [4.69, 9.17) is 9.57 Å². The molecule has 4 atom stereocenters. The molecule has 6 heteroatoms. The summed E-state index contributed by atoms with van der Waals surface area (Å²) in [6, 6.07) is 8.99. The summed E-state index contributed by atoms with van der Waals surface area (Å²) in [6.45, 7) is 6.92. The number of rotatable bonds is 5. The van der Waals surface area contributed by atoms with Crippen LogP contribution in [0, 0.1) is 16.7 Å². The SMILES string of the molecule is CC1(C)[C@@H]2CC[C@@]1(C)/C(=N\OC(=O)c1ccccc1)[C@H]2[Se]CC1CCC(=O)O1. The fraction of sp³-hybridized carbons (Fsp3) is 0.591. The number of fused-ring (bicyclic) bond motifs is 2. The number of benzene rings is 1. The molecule has 1 unspecified atom stereocenters. The molecule has 1 aliphatic heterocycles. The van der Waals surface area contributed by atoms with Crippen molar-refractivity contribution in [3.05, 3.63) is 35.9 Å². The van der Waals surface area contributed by atoms with Crippen LogP contribution >= 0.6 is 0 Å². The van der Waals surface area contributed by atoms with Crippen LogP contribution in [0.2, 0.25) is 10.1 Å². The summed E-state index contributed by atoms with van der Waals surface area (Å²) in [5.74, 6) is 0.0590. The minimum atomic E-state index is -0.409. The van der Waals surface area contributed by atoms with Crippen molar-refractivity contribution in [3.63, 3.8) is 0 Å². The van der Waals surface area contributed by atoms with Crippen molar-refractivity contribution < 1.29 is 19.2 Å². The molecule has 3 fully saturated rings. The zero-order valence-corrected chi connectivity index (χ0v) is 18.4. The molecule has 0 radical (unpaired) electrons. The van der Waals surface area contributed by atoms with Crippen molar-refractivity contribution in [3.8, 4) is 0 Å². The van der Waals surface area contributed by atoms with E-state index in [0.29, 0.717) is 22.7 Å². The van der Waals surface area contributed by atoms with Crippen molar-refractivity contribution in [2.45, 2.75) is 62.7 Å². The minimum absolute atomic E-state index is 0.0482. The number of hydrogen-bond donors (Lipinski definition) is 0. The molecule has 4 rings (SSSR count). The molecule has 0 amide bonds. The van der Waals surface area contributed by atoms with Gasteiger partial charge in [0.1, 0.15) is 0 Å². The van der Waals surface area contributed by atoms with Crippen LogP contribution < -0.4 is 0 Å². The van der Waals surface area contributed by atoms with E-state index in [1.165, 1.54) is 6.42 Å². The van der Waals surface area contributed by atoms with E-state index < -0.39 is 5.97 Å². The molecule has 0 spiro atoms. The topological polar surface area (TPSA) is 65.0 Å². The number of carbonyl (C=O) groups is 2. The number of nitrogens with zero attached hydrogens (tertiary/aromatic N) is 1. The zero-order valence-electron chi connectivity index (χ0n) is 16.6. The van der Waals surface area contributed by atoms with E-state index >= 15 is 0 Å². The number of esters is 1. The Hall–Kier alpha value is -1.65. The van der Waals surface area contributed by atoms with Crippen LogP contribution in [0.15, 0.2) is 35.5 Å². The number of hydrogen-bond acceptors (Lipinski definition) is 5. The Morgan fingerprint density at radius 3 is 2.68 bits per heavy atom. The number of oxime groups is 1. The van der Waals surface area contributed by atoms with Gasteiger partial charge < -0.3 is 0 Å². The quantitative estimate of drug-likeness (QED) is 0.292. The normalized spacial score (nSPS) is 34.6. The molecule has 1 aromatic carbocycles. The molecule has 3 aliphatic rings. The summed E-state index contributed by atoms with van der Waals surface area (Å²) < 4.78 is 5.42. The average Bonchev–Trinajstić information content (AvgIpc) is 3.24. The second-order valence-corrected chi connectivity index (χ2v) is 11.3. The van der Waals surface area contributed by atoms with E-state index in [2.05, 4.69) is 25.9 Å². The summed E-state index contributed by atoms with van der Waals surface area (Å²) in [5, 5.41) is 5.38. The van der Waals surface area contributed by atoms with Gasteiger partial charge in [-0.25, -0.2) is 0 Å². The van der Waals surface area contributed by atoms with Crippen LogP contribution in [0.25, 0.3) is 0 Å². The summed E-state index contributed by atoms with van der Waals surface area (Å²) in [4.78, 5) is 29.6. The van der Waals surface area contributed by atoms with E-state index in [-0.39, 0.29) is 37.9 Å². The second kappa shape index (κ2) is 7.31. The first-order valence-electron chi connectivity index (χ1n) is 9.99. The standard InChI is InChI=1S/C22H27NO4Se/c1-21(2)16-11-12-22(21,3)19(18(16)28-13-15-9-10-17(24)26-15)23-27-20(25)14-7-5-4-6-8-14/h4-8,15-16,18H,9-13H2,1-3H3/b23-19-/t15?,16-,18+,22+/m1/s1. The third-order valence-electron chi connectivity index (χ3n) is 7.17. The Labute approximate surface area is 172 Å². The monoisotopic (exact) mass is 449 g/mol. The van der Waals surface area contributed by atoms with Gasteiger partial charge in [0.2, 0.25) is 0 Å². The van der Waals surface area contributed by atoms with Gasteiger partial charge in [-0.15, -0.1) is 0 Å². The van der Waals surface area contributed by atoms with E-state index in [0.717, 1.165) is 23.9 Å². The third-order valence-corrected chi connectivity index (χ3v) is 10.3. The zero-order chi connectivity index (χ0) is 19.9. The Morgan fingerprint density at radius 1 is 1.25 bits per heavy atom. The van der Waals surface area contributed by atoms with Crippen LogP contribution in [0.3, 0.4) is 0 Å². The predicted octanol–water partition coefficient (Wildman–Crippen LogP) is 4.27. The molecule has 1 saturated heterocycles. The third kappa shape index (κ3) is 3.21. The van der Waals surface area contributed by atoms with E-state index in [9.17, 15) is 9.59 Å². The van der Waals surface area contributed by atoms with Crippen LogP contribution in [0.1, 0.15) is 56.8 Å². The van der Waals surface area contributed by atoms with Crippen molar-refractivity contribution in [1.29, 1.82) is 0 Å². The van der Waals surface area contributed by atoms with Gasteiger partial charge >= 0.3 is 172 Å². The first kappa shape index (κ1) is 19.7. The molecule has 0 N–H and O–H groups in total. The Bertz CT molecular complexity index is 806. The summed E-state index contributed by atoms with van der Waals surface area (Å²) in [5.41, 5.74) is 1.64. The predicted molar refractivity (Wildman–Crippen MR) is 107 cm³/mol. The molecular formula is C22H27NO4Se. The molecule has 2 aliphatic carbocycles. The Balaban J connectivity index is 1.53. The molecule has 1 heterocycles. The van der Waals surface area contributed by atoms with Gasteiger partial charge in [0.05, 0.1) is 0 Å². The van der Waals surface area contributed by atoms with Gasteiger partial charge in [-0.2, -0.15) is 0 Å². The van der Waals surface area contributed by atoms with E-state index in [1.54, 1.807) is 12.1 Å². The average molecular weight is 448 g/mol. The maximum absolute atomic E-state index is 12.4. The van der Waals surface area contributed by atoms with Crippen molar-refractivity contribution in [2.75, 3.05) is 0 Å². The first-order valence-corrected chi connectivity index (χ1v) is 12.2. The first-order chi connectivity index (χ1) is 13.3. The summed E-state index contributed by atoms with van der Waals surface area (Å²) in [6.07, 6.45) is 3.68. The molecule has 2 saturated carbocycles. The van der Waals surface area contributed by atoms with Gasteiger partial charge in [0.15, 0.2) is 0 Å². The summed E-state index contributed by atoms with van der Waals surface area (Å²) >= 11 is 0.257. The van der Waals surface area contributed by atoms with Crippen LogP contribution in [-0.2, 0) is 14.4 Å². The molecule has 150 valence electrons. The van der Waals surface area contributed by atoms with E-state index in [1.807, 2.05) is 18.2 Å². The molecular weight excluding hydrogens is 421 g/mol. The fourth-order valence-electron chi connectivity index (χ4n) is 5.01. The summed E-state index contributed by atoms with van der Waals surface area (Å²) in [7, 11) is 0. The Kier molecular flexibility index (Phi) is 5.13. The molecule has 1 aromatic rings. The van der Waals surface area contributed by atoms with Gasteiger partial charge in [-0.1, -0.05) is 0 Å². The van der Waals surface area contributed by atoms with Crippen molar-refractivity contribution in [2.24, 2.45) is 21.9 Å². The van der Waals surface area contributed by atoms with Crippen LogP contribution in [0.5, 0.6) is 0 Å². The van der Waals surface area contributed by atoms with Gasteiger partial charge in [-0.3, -0.25) is 0 Å².